The van der Waals surface area contributed by atoms with Crippen molar-refractivity contribution < 1.29 is 23.5 Å². The summed E-state index contributed by atoms with van der Waals surface area (Å²) < 4.78 is 19.6. The quantitative estimate of drug-likeness (QED) is 0.477. The Kier molecular flexibility index (Phi) is 7.63. The third-order valence-electron chi connectivity index (χ3n) is 5.39. The molecule has 34 heavy (non-hydrogen) atoms. The van der Waals surface area contributed by atoms with E-state index in [-0.39, 0.29) is 11.1 Å². The van der Waals surface area contributed by atoms with Crippen LogP contribution in [0.3, 0.4) is 0 Å². The van der Waals surface area contributed by atoms with E-state index in [1.165, 1.54) is 24.3 Å². The average molecular weight is 464 g/mol. The molecule has 8 heteroatoms. The summed E-state index contributed by atoms with van der Waals surface area (Å²) >= 11 is 0. The third kappa shape index (κ3) is 5.78. The number of carbonyl (C=O) groups excluding carboxylic acids is 3. The highest BCUT2D eigenvalue weighted by molar-refractivity contribution is 6.05. The topological polar surface area (TPSA) is 96.5 Å². The molecule has 0 aliphatic rings. The van der Waals surface area contributed by atoms with Gasteiger partial charge in [0.05, 0.1) is 5.56 Å². The van der Waals surface area contributed by atoms with Gasteiger partial charge in [-0.25, -0.2) is 4.39 Å². The second-order valence-corrected chi connectivity index (χ2v) is 7.87. The van der Waals surface area contributed by atoms with Crippen LogP contribution in [-0.2, 0) is 4.79 Å². The van der Waals surface area contributed by atoms with Crippen molar-refractivity contribution in [3.8, 4) is 5.75 Å². The van der Waals surface area contributed by atoms with Gasteiger partial charge in [-0.2, -0.15) is 0 Å². The summed E-state index contributed by atoms with van der Waals surface area (Å²) in [4.78, 5) is 37.4. The molecule has 7 nitrogen and oxygen atoms in total. The maximum atomic E-state index is 13.9. The van der Waals surface area contributed by atoms with Crippen molar-refractivity contribution >= 4 is 23.4 Å². The maximum absolute atomic E-state index is 13.9. The molecule has 0 aliphatic heterocycles. The normalized spacial score (nSPS) is 11.3. The molecule has 176 valence electrons. The summed E-state index contributed by atoms with van der Waals surface area (Å²) in [6, 6.07) is 15.8. The van der Waals surface area contributed by atoms with E-state index in [1.807, 2.05) is 26.0 Å². The minimum absolute atomic E-state index is 0.109. The first-order valence-electron chi connectivity index (χ1n) is 10.7. The lowest BCUT2D eigenvalue weighted by Crippen LogP contribution is -2.47. The largest absolute Gasteiger partial charge is 0.481 e. The molecule has 3 amide bonds. The number of halogens is 1. The maximum Gasteiger partial charge on any atom is 0.279 e. The van der Waals surface area contributed by atoms with Crippen molar-refractivity contribution in [3.63, 3.8) is 0 Å². The number of amides is 3. The Balaban J connectivity index is 1.62. The summed E-state index contributed by atoms with van der Waals surface area (Å²) in [6.45, 7) is 7.16. The fraction of sp³-hybridized carbons (Fsp3) is 0.192. The molecule has 1 atom stereocenters. The van der Waals surface area contributed by atoms with E-state index in [0.29, 0.717) is 17.0 Å². The number of benzene rings is 3. The molecule has 0 aromatic heterocycles. The van der Waals surface area contributed by atoms with Crippen molar-refractivity contribution in [2.75, 3.05) is 5.32 Å². The predicted molar refractivity (Wildman–Crippen MR) is 127 cm³/mol. The zero-order valence-corrected chi connectivity index (χ0v) is 19.4. The van der Waals surface area contributed by atoms with Crippen LogP contribution in [-0.4, -0.2) is 23.8 Å². The van der Waals surface area contributed by atoms with Crippen LogP contribution >= 0.6 is 0 Å². The van der Waals surface area contributed by atoms with Crippen LogP contribution in [0.5, 0.6) is 5.75 Å². The fourth-order valence-electron chi connectivity index (χ4n) is 3.12. The first-order valence-corrected chi connectivity index (χ1v) is 10.7. The second kappa shape index (κ2) is 10.6. The van der Waals surface area contributed by atoms with Crippen LogP contribution in [0.25, 0.3) is 0 Å². The second-order valence-electron chi connectivity index (χ2n) is 7.87. The van der Waals surface area contributed by atoms with Gasteiger partial charge >= 0.3 is 0 Å². The minimum atomic E-state index is -0.852. The van der Waals surface area contributed by atoms with E-state index < -0.39 is 29.6 Å². The highest BCUT2D eigenvalue weighted by atomic mass is 19.1. The molecule has 3 aromatic rings. The Morgan fingerprint density at radius 1 is 0.853 bits per heavy atom. The number of aryl methyl sites for hydroxylation is 2. The van der Waals surface area contributed by atoms with Crippen LogP contribution in [0.1, 0.15) is 44.3 Å². The summed E-state index contributed by atoms with van der Waals surface area (Å²) in [5.74, 6) is -1.82. The molecule has 0 spiro atoms. The average Bonchev–Trinajstić information content (AvgIpc) is 2.81. The molecule has 1 unspecified atom stereocenters. The number of anilines is 1. The zero-order chi connectivity index (χ0) is 24.8. The first-order chi connectivity index (χ1) is 16.2. The summed E-state index contributed by atoms with van der Waals surface area (Å²) in [7, 11) is 0. The number of hydrazine groups is 1. The summed E-state index contributed by atoms with van der Waals surface area (Å²) in [5, 5.41) is 2.62. The third-order valence-corrected chi connectivity index (χ3v) is 5.39. The number of ether oxygens (including phenoxy) is 1. The Hall–Kier alpha value is -4.20. The van der Waals surface area contributed by atoms with Crippen LogP contribution in [0.15, 0.2) is 60.7 Å². The minimum Gasteiger partial charge on any atom is -0.481 e. The predicted octanol–water partition coefficient (Wildman–Crippen LogP) is 4.23. The van der Waals surface area contributed by atoms with Gasteiger partial charge in [0.1, 0.15) is 11.6 Å². The SMILES string of the molecule is Cc1ccc(C(=O)NNC(=O)C(C)Oc2cccc(C)c2C)cc1NC(=O)c1ccccc1F. The zero-order valence-electron chi connectivity index (χ0n) is 19.4. The van der Waals surface area contributed by atoms with Gasteiger partial charge in [0, 0.05) is 11.3 Å². The molecule has 3 aromatic carbocycles. The summed E-state index contributed by atoms with van der Waals surface area (Å²) in [5.41, 5.74) is 7.76. The fourth-order valence-corrected chi connectivity index (χ4v) is 3.12. The number of hydrogen-bond donors (Lipinski definition) is 3. The molecule has 0 aliphatic carbocycles. The molecule has 0 bridgehead atoms. The lowest BCUT2D eigenvalue weighted by atomic mass is 10.1. The molecule has 0 heterocycles. The van der Waals surface area contributed by atoms with Crippen LogP contribution in [0.4, 0.5) is 10.1 Å². The van der Waals surface area contributed by atoms with E-state index in [2.05, 4.69) is 16.2 Å². The van der Waals surface area contributed by atoms with Crippen LogP contribution in [0.2, 0.25) is 0 Å². The lowest BCUT2D eigenvalue weighted by Gasteiger charge is -2.17. The van der Waals surface area contributed by atoms with Crippen LogP contribution in [0, 0.1) is 26.6 Å². The smallest absolute Gasteiger partial charge is 0.279 e. The van der Waals surface area contributed by atoms with E-state index in [4.69, 9.17) is 4.74 Å². The van der Waals surface area contributed by atoms with Gasteiger partial charge in [-0.05, 0) is 74.7 Å². The van der Waals surface area contributed by atoms with Crippen LogP contribution < -0.4 is 20.9 Å². The van der Waals surface area contributed by atoms with Gasteiger partial charge in [-0.15, -0.1) is 0 Å². The molecular weight excluding hydrogens is 437 g/mol. The Labute approximate surface area is 197 Å². The molecule has 0 saturated carbocycles. The van der Waals surface area contributed by atoms with E-state index in [9.17, 15) is 18.8 Å². The van der Waals surface area contributed by atoms with Gasteiger partial charge in [-0.3, -0.25) is 25.2 Å². The lowest BCUT2D eigenvalue weighted by molar-refractivity contribution is -0.128. The molecule has 0 radical (unpaired) electrons. The van der Waals surface area contributed by atoms with E-state index >= 15 is 0 Å². The number of nitrogens with one attached hydrogen (secondary N) is 3. The first kappa shape index (κ1) is 24.4. The van der Waals surface area contributed by atoms with Gasteiger partial charge in [0.2, 0.25) is 0 Å². The Morgan fingerprint density at radius 3 is 2.32 bits per heavy atom. The van der Waals surface area contributed by atoms with Gasteiger partial charge < -0.3 is 10.1 Å². The van der Waals surface area contributed by atoms with E-state index in [0.717, 1.165) is 11.1 Å². The number of carbonyl (C=O) groups is 3. The molecular formula is C26H26FN3O4. The van der Waals surface area contributed by atoms with Crippen molar-refractivity contribution in [1.82, 2.24) is 10.9 Å². The van der Waals surface area contributed by atoms with Crippen molar-refractivity contribution in [2.45, 2.75) is 33.8 Å². The van der Waals surface area contributed by atoms with Gasteiger partial charge in [-0.1, -0.05) is 30.3 Å². The Bertz CT molecular complexity index is 1240. The van der Waals surface area contributed by atoms with Crippen molar-refractivity contribution in [3.05, 3.63) is 94.3 Å². The summed E-state index contributed by atoms with van der Waals surface area (Å²) in [6.07, 6.45) is -0.852. The van der Waals surface area contributed by atoms with Gasteiger partial charge in [0.15, 0.2) is 6.10 Å². The monoisotopic (exact) mass is 463 g/mol. The standard InChI is InChI=1S/C26H26FN3O4/c1-15-8-7-11-23(17(15)3)34-18(4)24(31)29-30-25(32)19-13-12-16(2)22(14-19)28-26(33)20-9-5-6-10-21(20)27/h5-14,18H,1-4H3,(H,28,33)(H,29,31)(H,30,32). The van der Waals surface area contributed by atoms with Crippen molar-refractivity contribution in [2.24, 2.45) is 0 Å². The Morgan fingerprint density at radius 2 is 1.59 bits per heavy atom. The van der Waals surface area contributed by atoms with Crippen molar-refractivity contribution in [1.29, 1.82) is 0 Å². The molecule has 3 rings (SSSR count). The van der Waals surface area contributed by atoms with Gasteiger partial charge in [0.25, 0.3) is 17.7 Å². The highest BCUT2D eigenvalue weighted by Crippen LogP contribution is 2.22. The number of rotatable bonds is 6. The number of hydrogen-bond acceptors (Lipinski definition) is 4. The molecule has 3 N–H and O–H groups in total. The highest BCUT2D eigenvalue weighted by Gasteiger charge is 2.18. The van der Waals surface area contributed by atoms with E-state index in [1.54, 1.807) is 38.1 Å². The molecule has 0 saturated heterocycles. The molecule has 0 fully saturated rings.